The Morgan fingerprint density at radius 1 is 1.14 bits per heavy atom. The number of piperidine rings is 1. The summed E-state index contributed by atoms with van der Waals surface area (Å²) in [6.45, 7) is 0.785. The largest absolute Gasteiger partial charge is 0.458 e. The highest BCUT2D eigenvalue weighted by Gasteiger charge is 2.29. The molecule has 10 heteroatoms. The van der Waals surface area contributed by atoms with Gasteiger partial charge >= 0.3 is 6.01 Å². The van der Waals surface area contributed by atoms with Crippen molar-refractivity contribution in [1.29, 1.82) is 0 Å². The number of ether oxygens (including phenoxy) is 1. The molecule has 0 spiro atoms. The maximum atomic E-state index is 14.4. The second-order valence-corrected chi connectivity index (χ2v) is 6.27. The van der Waals surface area contributed by atoms with E-state index in [4.69, 9.17) is 4.74 Å². The van der Waals surface area contributed by atoms with Crippen LogP contribution in [0.3, 0.4) is 0 Å². The van der Waals surface area contributed by atoms with Crippen molar-refractivity contribution in [2.45, 2.75) is 18.9 Å². The Morgan fingerprint density at radius 3 is 2.64 bits per heavy atom. The minimum absolute atomic E-state index is 0.00223. The van der Waals surface area contributed by atoms with Gasteiger partial charge in [0.1, 0.15) is 11.8 Å². The van der Waals surface area contributed by atoms with Crippen molar-refractivity contribution in [3.63, 3.8) is 0 Å². The molecule has 0 saturated carbocycles. The highest BCUT2D eigenvalue weighted by Crippen LogP contribution is 2.22. The van der Waals surface area contributed by atoms with Crippen LogP contribution in [0.2, 0.25) is 0 Å². The van der Waals surface area contributed by atoms with Gasteiger partial charge in [-0.2, -0.15) is 10.2 Å². The summed E-state index contributed by atoms with van der Waals surface area (Å²) < 4.78 is 33.0. The highest BCUT2D eigenvalue weighted by molar-refractivity contribution is 5.97. The summed E-state index contributed by atoms with van der Waals surface area (Å²) in [4.78, 5) is 23.3. The minimum Gasteiger partial charge on any atom is -0.458 e. The van der Waals surface area contributed by atoms with Crippen LogP contribution < -0.4 is 4.74 Å². The Labute approximate surface area is 158 Å². The van der Waals surface area contributed by atoms with Crippen LogP contribution in [0.25, 0.3) is 5.69 Å². The van der Waals surface area contributed by atoms with E-state index in [1.807, 2.05) is 0 Å². The number of hydrogen-bond acceptors (Lipinski definition) is 6. The smallest absolute Gasteiger partial charge is 0.316 e. The Balaban J connectivity index is 1.54. The van der Waals surface area contributed by atoms with Crippen molar-refractivity contribution in [3.05, 3.63) is 60.2 Å². The number of rotatable bonds is 4. The molecule has 0 N–H and O–H groups in total. The second kappa shape index (κ2) is 7.67. The molecule has 0 bridgehead atoms. The summed E-state index contributed by atoms with van der Waals surface area (Å²) in [5.41, 5.74) is 0.164. The Kier molecular flexibility index (Phi) is 4.92. The first kappa shape index (κ1) is 18.0. The van der Waals surface area contributed by atoms with E-state index in [0.717, 1.165) is 17.2 Å². The predicted molar refractivity (Wildman–Crippen MR) is 92.9 cm³/mol. The van der Waals surface area contributed by atoms with E-state index in [0.29, 0.717) is 19.4 Å². The van der Waals surface area contributed by atoms with Crippen molar-refractivity contribution in [1.82, 2.24) is 29.9 Å². The number of likely N-dealkylation sites (tertiary alicyclic amines) is 1. The first-order chi connectivity index (χ1) is 13.6. The monoisotopic (exact) mass is 386 g/mol. The van der Waals surface area contributed by atoms with Crippen molar-refractivity contribution < 1.29 is 18.3 Å². The second-order valence-electron chi connectivity index (χ2n) is 6.27. The molecule has 1 fully saturated rings. The van der Waals surface area contributed by atoms with Gasteiger partial charge in [0.05, 0.1) is 36.9 Å². The van der Waals surface area contributed by atoms with Gasteiger partial charge in [-0.1, -0.05) is 6.07 Å². The number of carbonyl (C=O) groups is 1. The predicted octanol–water partition coefficient (Wildman–Crippen LogP) is 2.02. The van der Waals surface area contributed by atoms with Gasteiger partial charge in [-0.05, 0) is 25.0 Å². The zero-order chi connectivity index (χ0) is 19.5. The van der Waals surface area contributed by atoms with E-state index in [-0.39, 0.29) is 35.8 Å². The van der Waals surface area contributed by atoms with Gasteiger partial charge in [0.25, 0.3) is 5.91 Å². The SMILES string of the molecule is O=C(c1cccc(F)c1-n1nccn1)N1CCCC(Oc2ncc(F)cn2)C1. The number of halogens is 2. The zero-order valence-corrected chi connectivity index (χ0v) is 14.7. The molecule has 0 aliphatic carbocycles. The Hall–Kier alpha value is -3.43. The summed E-state index contributed by atoms with van der Waals surface area (Å²) in [5, 5.41) is 7.87. The van der Waals surface area contributed by atoms with Gasteiger partial charge in [0, 0.05) is 6.54 Å². The van der Waals surface area contributed by atoms with Crippen LogP contribution >= 0.6 is 0 Å². The molecule has 1 aliphatic rings. The third-order valence-corrected chi connectivity index (χ3v) is 4.37. The Bertz CT molecular complexity index is 965. The standard InChI is InChI=1S/C18H16F2N6O2/c19-12-9-21-18(22-10-12)28-13-3-2-8-25(11-13)17(27)14-4-1-5-15(20)16(14)26-23-6-7-24-26/h1,4-7,9-10,13H,2-3,8,11H2. The lowest BCUT2D eigenvalue weighted by Crippen LogP contribution is -2.44. The molecule has 1 amide bonds. The summed E-state index contributed by atoms with van der Waals surface area (Å²) in [6.07, 6.45) is 5.91. The molecular weight excluding hydrogens is 370 g/mol. The van der Waals surface area contributed by atoms with Crippen LogP contribution in [0.4, 0.5) is 8.78 Å². The molecule has 144 valence electrons. The first-order valence-electron chi connectivity index (χ1n) is 8.70. The lowest BCUT2D eigenvalue weighted by Gasteiger charge is -2.32. The van der Waals surface area contributed by atoms with Crippen molar-refractivity contribution in [3.8, 4) is 11.7 Å². The molecule has 1 atom stereocenters. The quantitative estimate of drug-likeness (QED) is 0.682. The van der Waals surface area contributed by atoms with Gasteiger partial charge < -0.3 is 9.64 Å². The van der Waals surface area contributed by atoms with Crippen LogP contribution in [-0.4, -0.2) is 55.0 Å². The molecule has 1 aromatic carbocycles. The first-order valence-corrected chi connectivity index (χ1v) is 8.70. The fraction of sp³-hybridized carbons (Fsp3) is 0.278. The fourth-order valence-corrected chi connectivity index (χ4v) is 3.12. The molecule has 8 nitrogen and oxygen atoms in total. The lowest BCUT2D eigenvalue weighted by atomic mass is 10.1. The summed E-state index contributed by atoms with van der Waals surface area (Å²) >= 11 is 0. The van der Waals surface area contributed by atoms with Crippen molar-refractivity contribution in [2.75, 3.05) is 13.1 Å². The van der Waals surface area contributed by atoms with Gasteiger partial charge in [0.2, 0.25) is 0 Å². The van der Waals surface area contributed by atoms with Gasteiger partial charge in [-0.3, -0.25) is 4.79 Å². The maximum absolute atomic E-state index is 14.4. The molecule has 0 radical (unpaired) electrons. The lowest BCUT2D eigenvalue weighted by molar-refractivity contribution is 0.0514. The molecule has 3 heterocycles. The minimum atomic E-state index is -0.591. The van der Waals surface area contributed by atoms with E-state index in [1.54, 1.807) is 4.90 Å². The number of hydrogen-bond donors (Lipinski definition) is 0. The molecule has 28 heavy (non-hydrogen) atoms. The number of aromatic nitrogens is 5. The normalized spacial score (nSPS) is 16.8. The van der Waals surface area contributed by atoms with Gasteiger partial charge in [-0.15, -0.1) is 4.80 Å². The molecule has 1 unspecified atom stereocenters. The van der Waals surface area contributed by atoms with Crippen molar-refractivity contribution >= 4 is 5.91 Å². The Morgan fingerprint density at radius 2 is 1.89 bits per heavy atom. The van der Waals surface area contributed by atoms with Crippen molar-refractivity contribution in [2.24, 2.45) is 0 Å². The average molecular weight is 386 g/mol. The molecule has 1 saturated heterocycles. The topological polar surface area (TPSA) is 86.0 Å². The van der Waals surface area contributed by atoms with Crippen LogP contribution in [0.1, 0.15) is 23.2 Å². The van der Waals surface area contributed by atoms with E-state index in [2.05, 4.69) is 20.2 Å². The van der Waals surface area contributed by atoms with Gasteiger partial charge in [0.15, 0.2) is 11.6 Å². The van der Waals surface area contributed by atoms with E-state index in [1.165, 1.54) is 30.6 Å². The summed E-state index contributed by atoms with van der Waals surface area (Å²) in [6, 6.07) is 4.31. The number of carbonyl (C=O) groups excluding carboxylic acids is 1. The average Bonchev–Trinajstić information content (AvgIpc) is 3.23. The number of para-hydroxylation sites is 1. The third-order valence-electron chi connectivity index (χ3n) is 4.37. The van der Waals surface area contributed by atoms with Gasteiger partial charge in [-0.25, -0.2) is 18.7 Å². The molecule has 4 rings (SSSR count). The summed E-state index contributed by atoms with van der Waals surface area (Å²) in [7, 11) is 0. The fourth-order valence-electron chi connectivity index (χ4n) is 3.12. The van der Waals surface area contributed by atoms with E-state index in [9.17, 15) is 13.6 Å². The van der Waals surface area contributed by atoms with Crippen LogP contribution in [0.15, 0.2) is 43.0 Å². The van der Waals surface area contributed by atoms with Crippen LogP contribution in [0, 0.1) is 11.6 Å². The molecule has 1 aliphatic heterocycles. The van der Waals surface area contributed by atoms with E-state index >= 15 is 0 Å². The van der Waals surface area contributed by atoms with Crippen LogP contribution in [0.5, 0.6) is 6.01 Å². The third kappa shape index (κ3) is 3.66. The van der Waals surface area contributed by atoms with Crippen LogP contribution in [-0.2, 0) is 0 Å². The zero-order valence-electron chi connectivity index (χ0n) is 14.7. The number of nitrogens with zero attached hydrogens (tertiary/aromatic N) is 6. The number of amides is 1. The molecular formula is C18H16F2N6O2. The molecule has 3 aromatic rings. The maximum Gasteiger partial charge on any atom is 0.316 e. The highest BCUT2D eigenvalue weighted by atomic mass is 19.1. The summed E-state index contributed by atoms with van der Waals surface area (Å²) in [5.74, 6) is -1.50. The number of benzene rings is 1. The molecule has 2 aromatic heterocycles. The van der Waals surface area contributed by atoms with E-state index < -0.39 is 11.6 Å².